The third kappa shape index (κ3) is 18.7. The second-order valence-electron chi connectivity index (χ2n) is 28.9. The monoisotopic (exact) mass is 1480 g/mol. The summed E-state index contributed by atoms with van der Waals surface area (Å²) in [5, 5.41) is 37.1. The molecule has 564 valence electrons. The second kappa shape index (κ2) is 35.8. The standard InChI is InChI=1S/C41H52O5.C18H15S.C14H22O2.C13H19F6NO2S/c1-10-26-18-34(19-27(11-2)37(26)42)40(5,6)32-14-16-33(17-15-32)41(7,35-20-28(12-3)38(43)30(22-35)24-45-8)36-21-29(13-4)39(44)31(23-36)25-46-9;1-4-10-16(11-5-1)19(17-12-6-2-7-13-17)18-14-8-3-9-15-18;1-6-10-7-12(14(2,3)4)8-11(9-16-5)13(10)15;1-11(14,15)12(16,17)13(18,19)23(21,22)20-7-6-9-4-2-3-5-10(9)8-20/h14-23,42-44H,10-13,24-25H2,1-9H3;1-15H;7-8,15H,6,9H2,1-5H3;9-10H,2-8H2,1H3/q;+1;;. The summed E-state index contributed by atoms with van der Waals surface area (Å²) in [5.74, 6) is -9.79. The molecule has 1 heterocycles. The molecule has 8 aromatic rings. The van der Waals surface area contributed by atoms with Crippen molar-refractivity contribution < 1.29 is 69.4 Å². The van der Waals surface area contributed by atoms with Crippen molar-refractivity contribution in [3.63, 3.8) is 0 Å². The molecule has 10 rings (SSSR count). The molecule has 1 saturated heterocycles. The van der Waals surface area contributed by atoms with Gasteiger partial charge in [0, 0.05) is 68.9 Å². The second-order valence-corrected chi connectivity index (χ2v) is 32.9. The minimum atomic E-state index is -5.98. The number of aryl methyl sites for hydroxylation is 5. The van der Waals surface area contributed by atoms with E-state index in [1.165, 1.54) is 31.4 Å². The van der Waals surface area contributed by atoms with Crippen LogP contribution in [0.1, 0.15) is 193 Å². The number of benzene rings is 8. The molecular formula is C86H108F6NO9S2+. The predicted molar refractivity (Wildman–Crippen MR) is 407 cm³/mol. The molecule has 0 radical (unpaired) electrons. The summed E-state index contributed by atoms with van der Waals surface area (Å²) in [6.45, 7) is 23.5. The smallest absolute Gasteiger partial charge is 0.427 e. The number of phenolic OH excluding ortho intramolecular Hbond substituents is 4. The van der Waals surface area contributed by atoms with Gasteiger partial charge in [0.25, 0.3) is 10.0 Å². The number of piperidine rings is 1. The van der Waals surface area contributed by atoms with E-state index in [0.717, 1.165) is 99.7 Å². The minimum Gasteiger partial charge on any atom is -0.507 e. The zero-order valence-corrected chi connectivity index (χ0v) is 64.8. The number of hydrogen-bond donors (Lipinski definition) is 4. The van der Waals surface area contributed by atoms with Gasteiger partial charge in [-0.2, -0.15) is 30.6 Å². The molecule has 18 heteroatoms. The number of nitrogens with zero attached hydrogens (tertiary/aromatic N) is 1. The van der Waals surface area contributed by atoms with Gasteiger partial charge in [0.15, 0.2) is 14.7 Å². The van der Waals surface area contributed by atoms with Crippen LogP contribution < -0.4 is 0 Å². The molecule has 10 nitrogen and oxygen atoms in total. The zero-order valence-electron chi connectivity index (χ0n) is 63.2. The van der Waals surface area contributed by atoms with Crippen molar-refractivity contribution >= 4 is 20.9 Å². The molecule has 2 aliphatic rings. The van der Waals surface area contributed by atoms with Gasteiger partial charge in [-0.05, 0) is 185 Å². The molecule has 2 fully saturated rings. The quantitative estimate of drug-likeness (QED) is 0.0279. The van der Waals surface area contributed by atoms with E-state index >= 15 is 0 Å². The Morgan fingerprint density at radius 2 is 0.740 bits per heavy atom. The van der Waals surface area contributed by atoms with E-state index in [1.54, 1.807) is 21.3 Å². The summed E-state index contributed by atoms with van der Waals surface area (Å²) in [6.07, 6.45) is 7.27. The highest BCUT2D eigenvalue weighted by Crippen LogP contribution is 2.51. The van der Waals surface area contributed by atoms with Crippen LogP contribution in [0.15, 0.2) is 178 Å². The van der Waals surface area contributed by atoms with Gasteiger partial charge in [0.2, 0.25) is 0 Å². The first-order valence-corrected chi connectivity index (χ1v) is 38.8. The molecule has 2 atom stereocenters. The van der Waals surface area contributed by atoms with Crippen molar-refractivity contribution in [1.29, 1.82) is 0 Å². The number of phenols is 4. The fourth-order valence-corrected chi connectivity index (χ4v) is 17.6. The van der Waals surface area contributed by atoms with Gasteiger partial charge in [0.05, 0.1) is 30.7 Å². The van der Waals surface area contributed by atoms with Crippen LogP contribution in [0.5, 0.6) is 23.0 Å². The molecule has 1 aliphatic heterocycles. The number of alkyl halides is 6. The van der Waals surface area contributed by atoms with Crippen molar-refractivity contribution in [2.24, 2.45) is 11.8 Å². The number of halogens is 6. The van der Waals surface area contributed by atoms with Crippen molar-refractivity contribution in [1.82, 2.24) is 4.31 Å². The lowest BCUT2D eigenvalue weighted by Gasteiger charge is -2.42. The van der Waals surface area contributed by atoms with Gasteiger partial charge in [0.1, 0.15) is 23.0 Å². The van der Waals surface area contributed by atoms with Crippen LogP contribution in [0.3, 0.4) is 0 Å². The van der Waals surface area contributed by atoms with Gasteiger partial charge >= 0.3 is 17.1 Å². The molecular weight excluding hydrogens is 1370 g/mol. The van der Waals surface area contributed by atoms with E-state index < -0.39 is 39.5 Å². The highest BCUT2D eigenvalue weighted by Gasteiger charge is 2.76. The first-order chi connectivity index (χ1) is 49.1. The summed E-state index contributed by atoms with van der Waals surface area (Å²) >= 11 is 0. The van der Waals surface area contributed by atoms with E-state index in [4.69, 9.17) is 14.2 Å². The van der Waals surface area contributed by atoms with E-state index in [0.29, 0.717) is 50.6 Å². The molecule has 0 bridgehead atoms. The molecule has 104 heavy (non-hydrogen) atoms. The van der Waals surface area contributed by atoms with Crippen LogP contribution in [-0.4, -0.2) is 84.7 Å². The maximum atomic E-state index is 13.8. The maximum absolute atomic E-state index is 13.8. The Balaban J connectivity index is 0.000000216. The van der Waals surface area contributed by atoms with E-state index in [-0.39, 0.29) is 68.9 Å². The lowest BCUT2D eigenvalue weighted by Crippen LogP contribution is -2.61. The third-order valence-electron chi connectivity index (χ3n) is 20.6. The Morgan fingerprint density at radius 1 is 0.423 bits per heavy atom. The van der Waals surface area contributed by atoms with Crippen LogP contribution in [0.4, 0.5) is 26.3 Å². The van der Waals surface area contributed by atoms with Crippen LogP contribution in [-0.2, 0) is 103 Å². The molecule has 1 aliphatic carbocycles. The molecule has 4 N–H and O–H groups in total. The summed E-state index contributed by atoms with van der Waals surface area (Å²) in [5.41, 5.74) is 13.0. The number of ether oxygens (including phenoxy) is 3. The van der Waals surface area contributed by atoms with Gasteiger partial charge in [-0.25, -0.2) is 8.42 Å². The van der Waals surface area contributed by atoms with Crippen molar-refractivity contribution in [2.45, 2.75) is 215 Å². The highest BCUT2D eigenvalue weighted by molar-refractivity contribution is 7.97. The summed E-state index contributed by atoms with van der Waals surface area (Å²) < 4.78 is 120. The predicted octanol–water partition coefficient (Wildman–Crippen LogP) is 20.9. The SMILES string of the molecule is CC(F)(F)C(F)(F)C(F)(F)S(=O)(=O)N1CCC2CCCCC2C1.CCc1cc(C(C)(C)C)cc(COC)c1O.CCc1cc(C(C)(C)c2ccc(C(C)(c3cc(CC)c(O)c(COC)c3)c3cc(CC)c(O)c(COC)c3)cc2)cc(CC)c1O.c1ccc([S+](c2ccccc2)c2ccccc2)cc1. The van der Waals surface area contributed by atoms with Gasteiger partial charge in [-0.15, -0.1) is 0 Å². The number of sulfonamides is 1. The average molecular weight is 1480 g/mol. The Labute approximate surface area is 617 Å². The summed E-state index contributed by atoms with van der Waals surface area (Å²) in [7, 11) is -0.966. The number of rotatable bonds is 23. The number of fused-ring (bicyclic) bond motifs is 1. The van der Waals surface area contributed by atoms with Gasteiger partial charge < -0.3 is 34.6 Å². The number of aromatic hydroxyl groups is 4. The normalized spacial score (nSPS) is 15.4. The van der Waals surface area contributed by atoms with Crippen molar-refractivity contribution in [2.75, 3.05) is 34.4 Å². The molecule has 0 aromatic heterocycles. The summed E-state index contributed by atoms with van der Waals surface area (Å²) in [6, 6.07) is 57.7. The largest absolute Gasteiger partial charge is 0.507 e. The lowest BCUT2D eigenvalue weighted by molar-refractivity contribution is -0.272. The van der Waals surface area contributed by atoms with E-state index in [9.17, 15) is 55.2 Å². The van der Waals surface area contributed by atoms with Crippen LogP contribution in [0.2, 0.25) is 0 Å². The Kier molecular flexibility index (Phi) is 28.9. The lowest BCUT2D eigenvalue weighted by atomic mass is 9.68. The van der Waals surface area contributed by atoms with Crippen molar-refractivity contribution in [3.8, 4) is 23.0 Å². The zero-order chi connectivity index (χ0) is 76.8. The van der Waals surface area contributed by atoms with Crippen molar-refractivity contribution in [3.05, 3.63) is 242 Å². The van der Waals surface area contributed by atoms with Crippen LogP contribution >= 0.6 is 0 Å². The Bertz CT molecular complexity index is 4020. The molecule has 0 spiro atoms. The highest BCUT2D eigenvalue weighted by atomic mass is 32.2. The molecule has 8 aromatic carbocycles. The van der Waals surface area contributed by atoms with Gasteiger partial charge in [-0.1, -0.05) is 198 Å². The maximum Gasteiger partial charge on any atom is 0.427 e. The number of hydrogen-bond acceptors (Lipinski definition) is 9. The number of methoxy groups -OCH3 is 3. The summed E-state index contributed by atoms with van der Waals surface area (Å²) in [4.78, 5) is 4.08. The molecule has 2 unspecified atom stereocenters. The van der Waals surface area contributed by atoms with E-state index in [2.05, 4.69) is 220 Å². The molecule has 1 saturated carbocycles. The minimum absolute atomic E-state index is 0.0146. The Morgan fingerprint density at radius 3 is 1.09 bits per heavy atom. The fourth-order valence-electron chi connectivity index (χ4n) is 13.9. The van der Waals surface area contributed by atoms with Crippen LogP contribution in [0.25, 0.3) is 0 Å². The Hall–Kier alpha value is -7.32. The fraction of sp³-hybridized carbons (Fsp3) is 0.442. The first-order valence-electron chi connectivity index (χ1n) is 36.1. The van der Waals surface area contributed by atoms with E-state index in [1.807, 2.05) is 19.9 Å². The average Bonchev–Trinajstić information content (AvgIpc) is 0.737. The third-order valence-corrected chi connectivity index (χ3v) is 24.7. The molecule has 0 amide bonds. The first kappa shape index (κ1) is 83.9. The van der Waals surface area contributed by atoms with Gasteiger partial charge in [-0.3, -0.25) is 0 Å². The van der Waals surface area contributed by atoms with Crippen LogP contribution in [0, 0.1) is 11.8 Å². The topological polar surface area (TPSA) is 146 Å².